The average molecular weight is 319 g/mol. The third-order valence-electron chi connectivity index (χ3n) is 4.98. The molecule has 1 heterocycles. The zero-order valence-electron chi connectivity index (χ0n) is 13.8. The summed E-state index contributed by atoms with van der Waals surface area (Å²) in [5.41, 5.74) is 0. The summed E-state index contributed by atoms with van der Waals surface area (Å²) in [6, 6.07) is 5.84. The zero-order valence-corrected chi connectivity index (χ0v) is 13.8. The van der Waals surface area contributed by atoms with Crippen LogP contribution in [-0.2, 0) is 11.2 Å². The standard InChI is InChI=1S/C18H25NO4/c1-12-10-14(11-19)13(2)16(12)5-3-4-15-6-7-17(23-15)18(21)22-9-8-20/h6-7,12-14,16,20H,3-5,8-10H2,1-2H3/t12?,13?,14?,16-/m0/s1. The number of aliphatic hydroxyl groups excluding tert-OH is 1. The third-order valence-corrected chi connectivity index (χ3v) is 4.98. The highest BCUT2D eigenvalue weighted by Gasteiger charge is 2.37. The normalized spacial score (nSPS) is 26.9. The van der Waals surface area contributed by atoms with E-state index < -0.39 is 5.97 Å². The number of ether oxygens (including phenoxy) is 1. The quantitative estimate of drug-likeness (QED) is 0.780. The summed E-state index contributed by atoms with van der Waals surface area (Å²) in [7, 11) is 0. The second-order valence-electron chi connectivity index (χ2n) is 6.49. The Hall–Kier alpha value is -1.80. The number of rotatable bonds is 7. The van der Waals surface area contributed by atoms with E-state index >= 15 is 0 Å². The molecule has 0 aromatic carbocycles. The molecule has 0 bridgehead atoms. The van der Waals surface area contributed by atoms with Crippen molar-refractivity contribution in [3.63, 3.8) is 0 Å². The molecule has 126 valence electrons. The third kappa shape index (κ3) is 4.35. The molecule has 1 fully saturated rings. The Balaban J connectivity index is 1.80. The largest absolute Gasteiger partial charge is 0.457 e. The Labute approximate surface area is 137 Å². The number of furan rings is 1. The van der Waals surface area contributed by atoms with Gasteiger partial charge in [-0.2, -0.15) is 5.26 Å². The van der Waals surface area contributed by atoms with Crippen LogP contribution in [0.15, 0.2) is 16.5 Å². The van der Waals surface area contributed by atoms with Gasteiger partial charge in [0.05, 0.1) is 12.7 Å². The number of aryl methyl sites for hydroxylation is 1. The van der Waals surface area contributed by atoms with Gasteiger partial charge in [-0.1, -0.05) is 13.8 Å². The summed E-state index contributed by atoms with van der Waals surface area (Å²) in [6.07, 6.45) is 3.84. The van der Waals surface area contributed by atoms with E-state index in [9.17, 15) is 4.79 Å². The Morgan fingerprint density at radius 3 is 2.91 bits per heavy atom. The van der Waals surface area contributed by atoms with Gasteiger partial charge in [-0.3, -0.25) is 0 Å². The van der Waals surface area contributed by atoms with E-state index in [1.807, 2.05) is 0 Å². The highest BCUT2D eigenvalue weighted by Crippen LogP contribution is 2.43. The molecule has 1 aliphatic carbocycles. The molecule has 2 rings (SSSR count). The van der Waals surface area contributed by atoms with Crippen LogP contribution in [0.25, 0.3) is 0 Å². The van der Waals surface area contributed by atoms with Gasteiger partial charge in [0.25, 0.3) is 0 Å². The Kier molecular flexibility index (Phi) is 6.23. The van der Waals surface area contributed by atoms with Crippen LogP contribution in [0.1, 0.15) is 49.4 Å². The van der Waals surface area contributed by atoms with Gasteiger partial charge in [0, 0.05) is 12.3 Å². The number of hydrogen-bond acceptors (Lipinski definition) is 5. The van der Waals surface area contributed by atoms with E-state index in [0.717, 1.165) is 31.4 Å². The SMILES string of the molecule is CC1CC(C#N)C(C)[C@H]1CCCc1ccc(C(=O)OCCO)o1. The van der Waals surface area contributed by atoms with Crippen LogP contribution in [-0.4, -0.2) is 24.3 Å². The van der Waals surface area contributed by atoms with Crippen LogP contribution in [0.4, 0.5) is 0 Å². The molecular formula is C18H25NO4. The van der Waals surface area contributed by atoms with Crippen molar-refractivity contribution in [3.8, 4) is 6.07 Å². The Bertz CT molecular complexity index is 560. The van der Waals surface area contributed by atoms with Crippen LogP contribution < -0.4 is 0 Å². The van der Waals surface area contributed by atoms with Gasteiger partial charge in [-0.15, -0.1) is 0 Å². The molecule has 5 heteroatoms. The lowest BCUT2D eigenvalue weighted by Crippen LogP contribution is -2.13. The maximum Gasteiger partial charge on any atom is 0.374 e. The summed E-state index contributed by atoms with van der Waals surface area (Å²) in [5.74, 6) is 2.23. The maximum atomic E-state index is 11.6. The monoisotopic (exact) mass is 319 g/mol. The van der Waals surface area contributed by atoms with Crippen LogP contribution >= 0.6 is 0 Å². The summed E-state index contributed by atoms with van der Waals surface area (Å²) in [5, 5.41) is 17.8. The zero-order chi connectivity index (χ0) is 16.8. The summed E-state index contributed by atoms with van der Waals surface area (Å²) >= 11 is 0. The first-order chi connectivity index (χ1) is 11.1. The van der Waals surface area contributed by atoms with Crippen molar-refractivity contribution in [3.05, 3.63) is 23.7 Å². The fourth-order valence-corrected chi connectivity index (χ4v) is 3.67. The molecule has 23 heavy (non-hydrogen) atoms. The van der Waals surface area contributed by atoms with E-state index in [-0.39, 0.29) is 24.9 Å². The number of nitriles is 1. The van der Waals surface area contributed by atoms with E-state index in [2.05, 4.69) is 19.9 Å². The van der Waals surface area contributed by atoms with E-state index in [4.69, 9.17) is 19.5 Å². The number of esters is 1. The molecule has 1 saturated carbocycles. The van der Waals surface area contributed by atoms with Crippen molar-refractivity contribution in [2.24, 2.45) is 23.7 Å². The molecule has 5 nitrogen and oxygen atoms in total. The van der Waals surface area contributed by atoms with Crippen LogP contribution in [0.3, 0.4) is 0 Å². The van der Waals surface area contributed by atoms with E-state index in [1.165, 1.54) is 0 Å². The molecular weight excluding hydrogens is 294 g/mol. The van der Waals surface area contributed by atoms with Gasteiger partial charge in [0.15, 0.2) is 0 Å². The van der Waals surface area contributed by atoms with Crippen LogP contribution in [0.5, 0.6) is 0 Å². The van der Waals surface area contributed by atoms with Gasteiger partial charge in [0.1, 0.15) is 12.4 Å². The summed E-state index contributed by atoms with van der Waals surface area (Å²) < 4.78 is 10.3. The number of carbonyl (C=O) groups excluding carboxylic acids is 1. The molecule has 1 N–H and O–H groups in total. The lowest BCUT2D eigenvalue weighted by molar-refractivity contribution is 0.0397. The first-order valence-corrected chi connectivity index (χ1v) is 8.33. The first kappa shape index (κ1) is 17.6. The molecule has 4 atom stereocenters. The van der Waals surface area contributed by atoms with Gasteiger partial charge in [-0.05, 0) is 49.1 Å². The molecule has 0 saturated heterocycles. The van der Waals surface area contributed by atoms with Crippen molar-refractivity contribution < 1.29 is 19.1 Å². The van der Waals surface area contributed by atoms with Crippen molar-refractivity contribution in [2.45, 2.75) is 39.5 Å². The minimum absolute atomic E-state index is 0.0214. The number of carbonyl (C=O) groups is 1. The Morgan fingerprint density at radius 2 is 2.26 bits per heavy atom. The molecule has 1 aromatic heterocycles. The molecule has 1 aromatic rings. The maximum absolute atomic E-state index is 11.6. The number of hydrogen-bond donors (Lipinski definition) is 1. The topological polar surface area (TPSA) is 83.5 Å². The molecule has 0 amide bonds. The fraction of sp³-hybridized carbons (Fsp3) is 0.667. The highest BCUT2D eigenvalue weighted by molar-refractivity contribution is 5.86. The minimum atomic E-state index is -0.541. The second-order valence-corrected chi connectivity index (χ2v) is 6.49. The predicted octanol–water partition coefficient (Wildman–Crippen LogP) is 3.18. The van der Waals surface area contributed by atoms with Crippen molar-refractivity contribution in [1.82, 2.24) is 0 Å². The van der Waals surface area contributed by atoms with Crippen molar-refractivity contribution >= 4 is 5.97 Å². The lowest BCUT2D eigenvalue weighted by Gasteiger charge is -2.19. The van der Waals surface area contributed by atoms with Crippen molar-refractivity contribution in [2.75, 3.05) is 13.2 Å². The summed E-state index contributed by atoms with van der Waals surface area (Å²) in [4.78, 5) is 11.6. The average Bonchev–Trinajstić information content (AvgIpc) is 3.12. The van der Waals surface area contributed by atoms with Gasteiger partial charge in [-0.25, -0.2) is 4.79 Å². The van der Waals surface area contributed by atoms with Gasteiger partial charge < -0.3 is 14.3 Å². The second kappa shape index (κ2) is 8.16. The Morgan fingerprint density at radius 1 is 1.48 bits per heavy atom. The first-order valence-electron chi connectivity index (χ1n) is 8.33. The van der Waals surface area contributed by atoms with Gasteiger partial charge >= 0.3 is 5.97 Å². The van der Waals surface area contributed by atoms with Crippen LogP contribution in [0, 0.1) is 35.0 Å². The highest BCUT2D eigenvalue weighted by atomic mass is 16.6. The number of nitrogens with zero attached hydrogens (tertiary/aromatic N) is 1. The summed E-state index contributed by atoms with van der Waals surface area (Å²) in [6.45, 7) is 4.21. The lowest BCUT2D eigenvalue weighted by atomic mass is 9.85. The van der Waals surface area contributed by atoms with Crippen molar-refractivity contribution in [1.29, 1.82) is 5.26 Å². The van der Waals surface area contributed by atoms with Gasteiger partial charge in [0.2, 0.25) is 5.76 Å². The van der Waals surface area contributed by atoms with E-state index in [0.29, 0.717) is 17.8 Å². The molecule has 1 aliphatic rings. The smallest absolute Gasteiger partial charge is 0.374 e. The fourth-order valence-electron chi connectivity index (χ4n) is 3.67. The van der Waals surface area contributed by atoms with Crippen LogP contribution in [0.2, 0.25) is 0 Å². The molecule has 0 radical (unpaired) electrons. The predicted molar refractivity (Wildman–Crippen MR) is 84.6 cm³/mol. The van der Waals surface area contributed by atoms with E-state index in [1.54, 1.807) is 12.1 Å². The minimum Gasteiger partial charge on any atom is -0.457 e. The number of aliphatic hydroxyl groups is 1. The molecule has 0 spiro atoms. The molecule has 3 unspecified atom stereocenters. The molecule has 0 aliphatic heterocycles.